The lowest BCUT2D eigenvalue weighted by atomic mass is 9.96. The van der Waals surface area contributed by atoms with E-state index in [1.807, 2.05) is 6.07 Å². The van der Waals surface area contributed by atoms with Crippen molar-refractivity contribution in [3.8, 4) is 0 Å². The van der Waals surface area contributed by atoms with Crippen LogP contribution in [0.15, 0.2) is 23.1 Å². The van der Waals surface area contributed by atoms with Gasteiger partial charge in [0, 0.05) is 0 Å². The van der Waals surface area contributed by atoms with E-state index in [0.29, 0.717) is 6.42 Å². The van der Waals surface area contributed by atoms with Gasteiger partial charge in [-0.1, -0.05) is 90.2 Å². The first-order valence-corrected chi connectivity index (χ1v) is 12.0. The van der Waals surface area contributed by atoms with Crippen LogP contribution in [0.4, 0.5) is 0 Å². The molecule has 0 heterocycles. The zero-order valence-corrected chi connectivity index (χ0v) is 18.6. The Bertz CT molecular complexity index is 600. The highest BCUT2D eigenvalue weighted by Gasteiger charge is 2.13. The predicted molar refractivity (Wildman–Crippen MR) is 115 cm³/mol. The SMILES string of the molecule is CCCCCCCCc1cccc(S(=O)(=O)[O-])c1CCCCCCCC.[NH4+]. The van der Waals surface area contributed by atoms with Crippen LogP contribution in [0.1, 0.15) is 102 Å². The molecular weight excluding hydrogens is 358 g/mol. The molecule has 0 spiro atoms. The van der Waals surface area contributed by atoms with Gasteiger partial charge < -0.3 is 10.7 Å². The zero-order valence-electron chi connectivity index (χ0n) is 17.8. The van der Waals surface area contributed by atoms with Crippen LogP contribution >= 0.6 is 0 Å². The van der Waals surface area contributed by atoms with Crippen molar-refractivity contribution in [2.45, 2.75) is 109 Å². The van der Waals surface area contributed by atoms with E-state index in [1.54, 1.807) is 6.07 Å². The van der Waals surface area contributed by atoms with Crippen LogP contribution in [0.3, 0.4) is 0 Å². The second-order valence-electron chi connectivity index (χ2n) is 7.38. The number of hydrogen-bond donors (Lipinski definition) is 1. The number of unbranched alkanes of at least 4 members (excludes halogenated alkanes) is 10. The van der Waals surface area contributed by atoms with Gasteiger partial charge in [0.25, 0.3) is 0 Å². The molecule has 1 aromatic carbocycles. The Morgan fingerprint density at radius 3 is 1.74 bits per heavy atom. The molecule has 0 amide bonds. The summed E-state index contributed by atoms with van der Waals surface area (Å²) < 4.78 is 35.0. The summed E-state index contributed by atoms with van der Waals surface area (Å²) in [5.41, 5.74) is 1.84. The van der Waals surface area contributed by atoms with Gasteiger partial charge in [-0.3, -0.25) is 0 Å². The molecule has 0 aliphatic carbocycles. The lowest BCUT2D eigenvalue weighted by Crippen LogP contribution is -2.07. The van der Waals surface area contributed by atoms with Crippen molar-refractivity contribution in [2.24, 2.45) is 0 Å². The number of aryl methyl sites for hydroxylation is 1. The molecule has 0 bridgehead atoms. The van der Waals surface area contributed by atoms with Crippen LogP contribution in [0.25, 0.3) is 0 Å². The zero-order chi connectivity index (χ0) is 19.3. The van der Waals surface area contributed by atoms with E-state index in [1.165, 1.54) is 63.9 Å². The smallest absolute Gasteiger partial charge is 0.124 e. The molecule has 0 fully saturated rings. The van der Waals surface area contributed by atoms with Gasteiger partial charge >= 0.3 is 0 Å². The number of benzene rings is 1. The Labute approximate surface area is 167 Å². The van der Waals surface area contributed by atoms with Crippen molar-refractivity contribution in [2.75, 3.05) is 0 Å². The molecule has 158 valence electrons. The van der Waals surface area contributed by atoms with E-state index in [0.717, 1.165) is 36.8 Å². The first-order chi connectivity index (χ1) is 12.5. The van der Waals surface area contributed by atoms with Crippen molar-refractivity contribution in [3.63, 3.8) is 0 Å². The van der Waals surface area contributed by atoms with Gasteiger partial charge in [0.15, 0.2) is 0 Å². The summed E-state index contributed by atoms with van der Waals surface area (Å²) in [6, 6.07) is 5.22. The van der Waals surface area contributed by atoms with Crippen molar-refractivity contribution in [1.82, 2.24) is 6.15 Å². The molecule has 1 aromatic rings. The van der Waals surface area contributed by atoms with Gasteiger partial charge in [0.2, 0.25) is 0 Å². The Kier molecular flexibility index (Phi) is 14.6. The summed E-state index contributed by atoms with van der Waals surface area (Å²) >= 11 is 0. The minimum atomic E-state index is -4.40. The van der Waals surface area contributed by atoms with Gasteiger partial charge in [-0.2, -0.15) is 0 Å². The molecule has 4 nitrogen and oxygen atoms in total. The molecular formula is C22H41NO3S. The average Bonchev–Trinajstić information content (AvgIpc) is 2.60. The van der Waals surface area contributed by atoms with E-state index < -0.39 is 10.1 Å². The summed E-state index contributed by atoms with van der Waals surface area (Å²) in [5, 5.41) is 0. The fraction of sp³-hybridized carbons (Fsp3) is 0.727. The summed E-state index contributed by atoms with van der Waals surface area (Å²) in [6.07, 6.45) is 15.8. The normalized spacial score (nSPS) is 11.4. The third-order valence-electron chi connectivity index (χ3n) is 5.08. The van der Waals surface area contributed by atoms with Crippen molar-refractivity contribution >= 4 is 10.1 Å². The average molecular weight is 400 g/mol. The second-order valence-corrected chi connectivity index (χ2v) is 8.73. The van der Waals surface area contributed by atoms with Crippen LogP contribution < -0.4 is 6.15 Å². The molecule has 0 saturated carbocycles. The van der Waals surface area contributed by atoms with E-state index in [9.17, 15) is 13.0 Å². The summed E-state index contributed by atoms with van der Waals surface area (Å²) in [5.74, 6) is 0. The predicted octanol–water partition coefficient (Wildman–Crippen LogP) is 6.77. The standard InChI is InChI=1S/C22H38O3S.H3N/c1-3-5-7-9-11-13-16-20-17-15-19-22(26(23,24)25)21(20)18-14-12-10-8-6-4-2;/h15,17,19H,3-14,16,18H2,1-2H3,(H,23,24,25);1H3. The number of hydrogen-bond acceptors (Lipinski definition) is 3. The molecule has 0 aliphatic heterocycles. The lowest BCUT2D eigenvalue weighted by molar-refractivity contribution is 0.461. The summed E-state index contributed by atoms with van der Waals surface area (Å²) in [6.45, 7) is 4.41. The quantitative estimate of drug-likeness (QED) is 0.260. The third-order valence-corrected chi connectivity index (χ3v) is 6.00. The molecule has 0 atom stereocenters. The molecule has 0 aliphatic rings. The van der Waals surface area contributed by atoms with Crippen LogP contribution in [-0.2, 0) is 23.0 Å². The maximum absolute atomic E-state index is 11.7. The third kappa shape index (κ3) is 10.9. The van der Waals surface area contributed by atoms with E-state index in [4.69, 9.17) is 0 Å². The Morgan fingerprint density at radius 1 is 0.741 bits per heavy atom. The van der Waals surface area contributed by atoms with E-state index in [2.05, 4.69) is 13.8 Å². The van der Waals surface area contributed by atoms with Gasteiger partial charge in [0.05, 0.1) is 4.90 Å². The van der Waals surface area contributed by atoms with Crippen LogP contribution in [-0.4, -0.2) is 13.0 Å². The molecule has 5 heteroatoms. The highest BCUT2D eigenvalue weighted by Crippen LogP contribution is 2.24. The minimum Gasteiger partial charge on any atom is -0.744 e. The summed E-state index contributed by atoms with van der Waals surface area (Å²) in [4.78, 5) is 0.00883. The first-order valence-electron chi connectivity index (χ1n) is 10.6. The topological polar surface area (TPSA) is 93.7 Å². The number of rotatable bonds is 15. The van der Waals surface area contributed by atoms with Gasteiger partial charge in [-0.15, -0.1) is 0 Å². The van der Waals surface area contributed by atoms with Gasteiger partial charge in [0.1, 0.15) is 10.1 Å². The van der Waals surface area contributed by atoms with Crippen molar-refractivity contribution < 1.29 is 13.0 Å². The van der Waals surface area contributed by atoms with Gasteiger partial charge in [-0.25, -0.2) is 8.42 Å². The van der Waals surface area contributed by atoms with Crippen LogP contribution in [0.5, 0.6) is 0 Å². The highest BCUT2D eigenvalue weighted by atomic mass is 32.2. The maximum Gasteiger partial charge on any atom is 0.124 e. The lowest BCUT2D eigenvalue weighted by Gasteiger charge is -2.17. The Balaban J connectivity index is 0.00000676. The van der Waals surface area contributed by atoms with Crippen LogP contribution in [0.2, 0.25) is 0 Å². The largest absolute Gasteiger partial charge is 0.744 e. The molecule has 0 aromatic heterocycles. The highest BCUT2D eigenvalue weighted by molar-refractivity contribution is 7.85. The second kappa shape index (κ2) is 15.1. The molecule has 27 heavy (non-hydrogen) atoms. The molecule has 1 rings (SSSR count). The fourth-order valence-electron chi connectivity index (χ4n) is 3.54. The number of quaternary nitrogens is 1. The molecule has 0 saturated heterocycles. The summed E-state index contributed by atoms with van der Waals surface area (Å²) in [7, 11) is -4.40. The van der Waals surface area contributed by atoms with Crippen molar-refractivity contribution in [3.05, 3.63) is 29.3 Å². The molecule has 4 N–H and O–H groups in total. The van der Waals surface area contributed by atoms with Gasteiger partial charge in [-0.05, 0) is 42.9 Å². The minimum absolute atomic E-state index is 0. The first kappa shape index (κ1) is 26.1. The molecule has 0 unspecified atom stereocenters. The monoisotopic (exact) mass is 399 g/mol. The van der Waals surface area contributed by atoms with Crippen molar-refractivity contribution in [1.29, 1.82) is 0 Å². The Morgan fingerprint density at radius 2 is 1.22 bits per heavy atom. The Hall–Kier alpha value is -0.910. The van der Waals surface area contributed by atoms with E-state index in [-0.39, 0.29) is 11.0 Å². The molecule has 0 radical (unpaired) electrons. The van der Waals surface area contributed by atoms with Crippen LogP contribution in [0, 0.1) is 0 Å². The van der Waals surface area contributed by atoms with E-state index >= 15 is 0 Å². The maximum atomic E-state index is 11.7. The fourth-order valence-corrected chi connectivity index (χ4v) is 4.32.